The lowest BCUT2D eigenvalue weighted by Crippen LogP contribution is -2.25. The number of alkyl halides is 1. The molecule has 1 amide bonds. The van der Waals surface area contributed by atoms with Crippen LogP contribution in [0.5, 0.6) is 0 Å². The summed E-state index contributed by atoms with van der Waals surface area (Å²) in [5.74, 6) is -5.11. The monoisotopic (exact) mass is 323 g/mol. The lowest BCUT2D eigenvalue weighted by Gasteiger charge is -2.06. The molecule has 0 radical (unpaired) electrons. The summed E-state index contributed by atoms with van der Waals surface area (Å²) < 4.78 is 38.8. The van der Waals surface area contributed by atoms with E-state index in [1.165, 1.54) is 0 Å². The minimum atomic E-state index is -1.62. The fourth-order valence-electron chi connectivity index (χ4n) is 1.39. The Balaban J connectivity index is 2.54. The van der Waals surface area contributed by atoms with E-state index in [9.17, 15) is 18.0 Å². The van der Waals surface area contributed by atoms with Crippen LogP contribution in [0, 0.1) is 17.5 Å². The van der Waals surface area contributed by atoms with E-state index in [0.717, 1.165) is 36.7 Å². The van der Waals surface area contributed by atoms with Crippen molar-refractivity contribution in [3.63, 3.8) is 0 Å². The van der Waals surface area contributed by atoms with Crippen LogP contribution in [0.25, 0.3) is 0 Å². The number of rotatable bonds is 6. The van der Waals surface area contributed by atoms with Crippen molar-refractivity contribution in [3.05, 3.63) is 35.1 Å². The summed E-state index contributed by atoms with van der Waals surface area (Å²) in [5.41, 5.74) is -0.477. The minimum Gasteiger partial charge on any atom is -0.352 e. The Morgan fingerprint density at radius 1 is 1.11 bits per heavy atom. The van der Waals surface area contributed by atoms with Crippen LogP contribution in [0.1, 0.15) is 29.6 Å². The molecule has 0 heterocycles. The highest BCUT2D eigenvalue weighted by Gasteiger charge is 2.18. The van der Waals surface area contributed by atoms with E-state index < -0.39 is 28.9 Å². The zero-order chi connectivity index (χ0) is 13.5. The molecule has 0 aromatic heterocycles. The molecule has 0 aliphatic carbocycles. The number of carbonyl (C=O) groups excluding carboxylic acids is 1. The number of amides is 1. The molecule has 0 spiro atoms. The molecule has 0 fully saturated rings. The predicted molar refractivity (Wildman–Crippen MR) is 66.3 cm³/mol. The van der Waals surface area contributed by atoms with Crippen LogP contribution >= 0.6 is 15.9 Å². The Labute approximate surface area is 112 Å². The maximum atomic E-state index is 13.3. The quantitative estimate of drug-likeness (QED) is 0.485. The zero-order valence-electron chi connectivity index (χ0n) is 9.61. The maximum Gasteiger partial charge on any atom is 0.254 e. The van der Waals surface area contributed by atoms with Crippen LogP contribution in [0.4, 0.5) is 13.2 Å². The van der Waals surface area contributed by atoms with Crippen LogP contribution in [0.3, 0.4) is 0 Å². The Morgan fingerprint density at radius 2 is 1.83 bits per heavy atom. The van der Waals surface area contributed by atoms with Gasteiger partial charge in [-0.25, -0.2) is 13.2 Å². The number of hydrogen-bond acceptors (Lipinski definition) is 1. The van der Waals surface area contributed by atoms with Gasteiger partial charge in [0.05, 0.1) is 5.56 Å². The van der Waals surface area contributed by atoms with Gasteiger partial charge in [-0.3, -0.25) is 4.79 Å². The number of hydrogen-bond donors (Lipinski definition) is 1. The number of nitrogens with one attached hydrogen (secondary N) is 1. The first-order valence-corrected chi connectivity index (χ1v) is 6.67. The summed E-state index contributed by atoms with van der Waals surface area (Å²) in [4.78, 5) is 11.5. The van der Waals surface area contributed by atoms with Crippen LogP contribution in [-0.4, -0.2) is 17.8 Å². The van der Waals surface area contributed by atoms with E-state index >= 15 is 0 Å². The number of halogens is 4. The molecule has 0 aliphatic rings. The molecule has 0 unspecified atom stereocenters. The lowest BCUT2D eigenvalue weighted by molar-refractivity contribution is 0.0947. The summed E-state index contributed by atoms with van der Waals surface area (Å²) in [5, 5.41) is 3.35. The average molecular weight is 324 g/mol. The molecule has 0 aliphatic heterocycles. The smallest absolute Gasteiger partial charge is 0.254 e. The van der Waals surface area contributed by atoms with E-state index in [1.807, 2.05) is 0 Å². The minimum absolute atomic E-state index is 0.379. The summed E-state index contributed by atoms with van der Waals surface area (Å²) in [6.07, 6.45) is 2.66. The molecule has 1 rings (SSSR count). The second kappa shape index (κ2) is 7.41. The molecule has 1 aromatic carbocycles. The molecule has 2 nitrogen and oxygen atoms in total. The van der Waals surface area contributed by atoms with Gasteiger partial charge in [-0.15, -0.1) is 0 Å². The standard InChI is InChI=1S/C12H13BrF3NO/c13-6-2-1-3-7-17-12(18)8-4-5-9(14)11(16)10(8)15/h4-5H,1-3,6-7H2,(H,17,18). The summed E-state index contributed by atoms with van der Waals surface area (Å²) >= 11 is 3.28. The Morgan fingerprint density at radius 3 is 2.50 bits per heavy atom. The Bertz CT molecular complexity index is 426. The highest BCUT2D eigenvalue weighted by molar-refractivity contribution is 9.09. The van der Waals surface area contributed by atoms with Crippen molar-refractivity contribution in [2.45, 2.75) is 19.3 Å². The molecule has 1 N–H and O–H groups in total. The van der Waals surface area contributed by atoms with Gasteiger partial charge in [0.2, 0.25) is 0 Å². The fourth-order valence-corrected chi connectivity index (χ4v) is 1.79. The first-order valence-electron chi connectivity index (χ1n) is 5.55. The van der Waals surface area contributed by atoms with E-state index in [4.69, 9.17) is 0 Å². The van der Waals surface area contributed by atoms with Crippen molar-refractivity contribution in [3.8, 4) is 0 Å². The van der Waals surface area contributed by atoms with Gasteiger partial charge in [0.15, 0.2) is 17.5 Å². The van der Waals surface area contributed by atoms with Crippen molar-refractivity contribution < 1.29 is 18.0 Å². The summed E-state index contributed by atoms with van der Waals surface area (Å²) in [6.45, 7) is 0.379. The van der Waals surface area contributed by atoms with Gasteiger partial charge in [-0.1, -0.05) is 22.4 Å². The van der Waals surface area contributed by atoms with Crippen LogP contribution in [0.2, 0.25) is 0 Å². The molecule has 0 bridgehead atoms. The largest absolute Gasteiger partial charge is 0.352 e. The van der Waals surface area contributed by atoms with Crippen LogP contribution in [0.15, 0.2) is 12.1 Å². The van der Waals surface area contributed by atoms with E-state index in [-0.39, 0.29) is 0 Å². The van der Waals surface area contributed by atoms with Gasteiger partial charge in [0.1, 0.15) is 0 Å². The fraction of sp³-hybridized carbons (Fsp3) is 0.417. The van der Waals surface area contributed by atoms with E-state index in [1.54, 1.807) is 0 Å². The average Bonchev–Trinajstić information content (AvgIpc) is 2.35. The maximum absolute atomic E-state index is 13.3. The van der Waals surface area contributed by atoms with Gasteiger partial charge < -0.3 is 5.32 Å². The summed E-state index contributed by atoms with van der Waals surface area (Å²) in [6, 6.07) is 1.67. The molecule has 0 saturated heterocycles. The van der Waals surface area contributed by atoms with E-state index in [2.05, 4.69) is 21.2 Å². The molecule has 6 heteroatoms. The Kier molecular flexibility index (Phi) is 6.18. The van der Waals surface area contributed by atoms with Crippen molar-refractivity contribution in [2.24, 2.45) is 0 Å². The first kappa shape index (κ1) is 15.0. The molecule has 0 saturated carbocycles. The second-order valence-corrected chi connectivity index (χ2v) is 4.52. The number of benzene rings is 1. The highest BCUT2D eigenvalue weighted by Crippen LogP contribution is 2.14. The van der Waals surface area contributed by atoms with Gasteiger partial charge in [0, 0.05) is 11.9 Å². The number of carbonyl (C=O) groups is 1. The van der Waals surface area contributed by atoms with Crippen molar-refractivity contribution in [2.75, 3.05) is 11.9 Å². The third kappa shape index (κ3) is 4.01. The number of unbranched alkanes of at least 4 members (excludes halogenated alkanes) is 2. The van der Waals surface area contributed by atoms with Gasteiger partial charge >= 0.3 is 0 Å². The molecule has 0 atom stereocenters. The SMILES string of the molecule is O=C(NCCCCCBr)c1ccc(F)c(F)c1F. The lowest BCUT2D eigenvalue weighted by atomic mass is 10.1. The molecular weight excluding hydrogens is 311 g/mol. The highest BCUT2D eigenvalue weighted by atomic mass is 79.9. The van der Waals surface area contributed by atoms with E-state index in [0.29, 0.717) is 6.54 Å². The van der Waals surface area contributed by atoms with Crippen LogP contribution in [-0.2, 0) is 0 Å². The molecular formula is C12H13BrF3NO. The first-order chi connectivity index (χ1) is 8.57. The van der Waals surface area contributed by atoms with Gasteiger partial charge in [-0.05, 0) is 25.0 Å². The summed E-state index contributed by atoms with van der Waals surface area (Å²) in [7, 11) is 0. The third-order valence-corrected chi connectivity index (χ3v) is 2.94. The molecule has 100 valence electrons. The van der Waals surface area contributed by atoms with Crippen molar-refractivity contribution >= 4 is 21.8 Å². The molecule has 1 aromatic rings. The van der Waals surface area contributed by atoms with Crippen molar-refractivity contribution in [1.82, 2.24) is 5.32 Å². The normalized spacial score (nSPS) is 10.4. The second-order valence-electron chi connectivity index (χ2n) is 3.73. The zero-order valence-corrected chi connectivity index (χ0v) is 11.2. The van der Waals surface area contributed by atoms with Crippen LogP contribution < -0.4 is 5.32 Å². The predicted octanol–water partition coefficient (Wildman–Crippen LogP) is 3.40. The topological polar surface area (TPSA) is 29.1 Å². The molecule has 18 heavy (non-hydrogen) atoms. The third-order valence-electron chi connectivity index (χ3n) is 2.38. The van der Waals surface area contributed by atoms with Gasteiger partial charge in [0.25, 0.3) is 5.91 Å². The Hall–Kier alpha value is -1.04. The van der Waals surface area contributed by atoms with Gasteiger partial charge in [-0.2, -0.15) is 0 Å². The van der Waals surface area contributed by atoms with Crippen molar-refractivity contribution in [1.29, 1.82) is 0 Å².